The normalized spacial score (nSPS) is 22.6. The number of nitrogens with zero attached hydrogens (tertiary/aromatic N) is 3. The first-order valence-electron chi connectivity index (χ1n) is 15.6. The molecule has 6 rings (SSSR count). The third kappa shape index (κ3) is 6.95. The third-order valence-corrected chi connectivity index (χ3v) is 10.1. The maximum atomic E-state index is 13.6. The van der Waals surface area contributed by atoms with Gasteiger partial charge in [-0.05, 0) is 121 Å². The van der Waals surface area contributed by atoms with Crippen LogP contribution in [0.5, 0.6) is 0 Å². The number of carbonyl (C=O) groups is 2. The van der Waals surface area contributed by atoms with Gasteiger partial charge < -0.3 is 14.4 Å². The van der Waals surface area contributed by atoms with Gasteiger partial charge in [-0.3, -0.25) is 9.69 Å². The monoisotopic (exact) mass is 787 g/mol. The number of cyclic esters (lactones) is 1. The highest BCUT2D eigenvalue weighted by Gasteiger charge is 2.46. The molecule has 2 saturated heterocycles. The van der Waals surface area contributed by atoms with Gasteiger partial charge >= 0.3 is 24.4 Å². The lowest BCUT2D eigenvalue weighted by Crippen LogP contribution is -2.32. The van der Waals surface area contributed by atoms with Crippen LogP contribution in [0.1, 0.15) is 73.1 Å². The van der Waals surface area contributed by atoms with Crippen molar-refractivity contribution in [2.45, 2.75) is 70.1 Å². The van der Waals surface area contributed by atoms with Crippen molar-refractivity contribution in [3.63, 3.8) is 0 Å². The molecule has 1 unspecified atom stereocenters. The second-order valence-electron chi connectivity index (χ2n) is 12.3. The summed E-state index contributed by atoms with van der Waals surface area (Å²) in [6, 6.07) is 10.1. The molecule has 2 aliphatic heterocycles. The fraction of sp³-hybridized carbons (Fsp3) is 0.441. The maximum Gasteiger partial charge on any atom is 0.416 e. The summed E-state index contributed by atoms with van der Waals surface area (Å²) in [5.41, 5.74) is -0.378. The van der Waals surface area contributed by atoms with E-state index in [9.17, 15) is 35.9 Å². The first kappa shape index (κ1) is 34.3. The molecular weight excluding hydrogens is 755 g/mol. The van der Waals surface area contributed by atoms with Crippen LogP contribution < -0.4 is 4.90 Å². The zero-order chi connectivity index (χ0) is 34.5. The zero-order valence-corrected chi connectivity index (χ0v) is 28.2. The van der Waals surface area contributed by atoms with Crippen LogP contribution in [0, 0.1) is 9.49 Å². The topological polar surface area (TPSA) is 72.0 Å². The van der Waals surface area contributed by atoms with E-state index in [2.05, 4.69) is 27.5 Å². The Kier molecular flexibility index (Phi) is 9.33. The van der Waals surface area contributed by atoms with Crippen molar-refractivity contribution < 1.29 is 45.4 Å². The van der Waals surface area contributed by atoms with E-state index in [1.165, 1.54) is 11.8 Å². The lowest BCUT2D eigenvalue weighted by molar-refractivity contribution is -0.145. The van der Waals surface area contributed by atoms with Crippen LogP contribution in [0.2, 0.25) is 0 Å². The molecule has 1 aromatic heterocycles. The Morgan fingerprint density at radius 1 is 0.958 bits per heavy atom. The van der Waals surface area contributed by atoms with Crippen LogP contribution in [0.3, 0.4) is 0 Å². The second-order valence-corrected chi connectivity index (χ2v) is 13.5. The van der Waals surface area contributed by atoms with Crippen molar-refractivity contribution in [2.24, 2.45) is 5.92 Å². The molecule has 1 amide bonds. The highest BCUT2D eigenvalue weighted by Crippen LogP contribution is 2.49. The van der Waals surface area contributed by atoms with E-state index < -0.39 is 47.3 Å². The average molecular weight is 788 g/mol. The number of pyridine rings is 1. The second kappa shape index (κ2) is 13.0. The van der Waals surface area contributed by atoms with E-state index in [0.29, 0.717) is 42.2 Å². The molecule has 2 aromatic carbocycles. The molecule has 7 nitrogen and oxygen atoms in total. The lowest BCUT2D eigenvalue weighted by Gasteiger charge is -2.24. The van der Waals surface area contributed by atoms with Crippen molar-refractivity contribution in [1.82, 2.24) is 9.88 Å². The number of ether oxygens (including phenoxy) is 2. The number of amides is 1. The number of halogens is 7. The van der Waals surface area contributed by atoms with Crippen LogP contribution >= 0.6 is 22.6 Å². The largest absolute Gasteiger partial charge is 0.466 e. The Bertz CT molecular complexity index is 1690. The van der Waals surface area contributed by atoms with Gasteiger partial charge in [-0.1, -0.05) is 6.07 Å². The molecule has 3 aromatic rings. The number of aromatic nitrogens is 1. The van der Waals surface area contributed by atoms with E-state index in [-0.39, 0.29) is 30.4 Å². The summed E-state index contributed by atoms with van der Waals surface area (Å²) in [5.74, 6) is 0.243. The number of hydrogen-bond donors (Lipinski definition) is 0. The van der Waals surface area contributed by atoms with Gasteiger partial charge in [0.15, 0.2) is 0 Å². The van der Waals surface area contributed by atoms with E-state index in [1.807, 2.05) is 30.3 Å². The van der Waals surface area contributed by atoms with E-state index in [1.54, 1.807) is 6.92 Å². The highest BCUT2D eigenvalue weighted by atomic mass is 127. The van der Waals surface area contributed by atoms with E-state index in [0.717, 1.165) is 40.6 Å². The smallest absolute Gasteiger partial charge is 0.416 e. The minimum absolute atomic E-state index is 0.00322. The highest BCUT2D eigenvalue weighted by molar-refractivity contribution is 14.1. The van der Waals surface area contributed by atoms with Gasteiger partial charge in [-0.25, -0.2) is 9.78 Å². The summed E-state index contributed by atoms with van der Waals surface area (Å²) >= 11 is 2.20. The van der Waals surface area contributed by atoms with E-state index >= 15 is 0 Å². The summed E-state index contributed by atoms with van der Waals surface area (Å²) in [6.45, 7) is 5.09. The number of rotatable bonds is 8. The first-order chi connectivity index (χ1) is 22.7. The molecule has 0 N–H and O–H groups in total. The molecule has 4 atom stereocenters. The summed E-state index contributed by atoms with van der Waals surface area (Å²) in [4.78, 5) is 34.0. The molecule has 0 bridgehead atoms. The number of carbonyl (C=O) groups excluding carboxylic acids is 2. The van der Waals surface area contributed by atoms with Crippen LogP contribution in [0.15, 0.2) is 48.5 Å². The minimum atomic E-state index is -5.04. The average Bonchev–Trinajstić information content (AvgIpc) is 3.54. The Morgan fingerprint density at radius 3 is 2.25 bits per heavy atom. The lowest BCUT2D eigenvalue weighted by atomic mass is 9.96. The fourth-order valence-corrected chi connectivity index (χ4v) is 7.12. The maximum absolute atomic E-state index is 13.6. The molecule has 48 heavy (non-hydrogen) atoms. The van der Waals surface area contributed by atoms with Crippen LogP contribution in [0.4, 0.5) is 37.0 Å². The van der Waals surface area contributed by atoms with Gasteiger partial charge in [0, 0.05) is 22.2 Å². The van der Waals surface area contributed by atoms with Crippen molar-refractivity contribution in [3.05, 3.63) is 80.0 Å². The molecule has 0 spiro atoms. The van der Waals surface area contributed by atoms with Gasteiger partial charge in [0.1, 0.15) is 11.9 Å². The Labute approximate surface area is 286 Å². The minimum Gasteiger partial charge on any atom is -0.466 e. The molecule has 3 aliphatic rings. The zero-order valence-electron chi connectivity index (χ0n) is 26.0. The van der Waals surface area contributed by atoms with Crippen LogP contribution in [-0.4, -0.2) is 47.7 Å². The summed E-state index contributed by atoms with van der Waals surface area (Å²) < 4.78 is 93.3. The molecule has 14 heteroatoms. The number of alkyl halides is 6. The SMILES string of the molecule is CCOC(=O)C1C[C@H]1c1ccc(I)c(-c2ccc(N3CCCC3)nc2CN2C(=O)O[C@H](c3cc(C(F)(F)F)cc(C(F)(F)F)c3)[C@@H]2C)c1. The molecule has 1 aliphatic carbocycles. The van der Waals surface area contributed by atoms with Gasteiger partial charge in [-0.2, -0.15) is 26.3 Å². The summed E-state index contributed by atoms with van der Waals surface area (Å²) in [7, 11) is 0. The summed E-state index contributed by atoms with van der Waals surface area (Å²) in [5, 5.41) is 0. The third-order valence-electron chi connectivity index (χ3n) is 9.13. The molecule has 256 valence electrons. The van der Waals surface area contributed by atoms with Crippen molar-refractivity contribution in [3.8, 4) is 11.1 Å². The van der Waals surface area contributed by atoms with Crippen molar-refractivity contribution >= 4 is 40.5 Å². The van der Waals surface area contributed by atoms with Gasteiger partial charge in [0.2, 0.25) is 0 Å². The number of esters is 1. The quantitative estimate of drug-likeness (QED) is 0.129. The van der Waals surface area contributed by atoms with Gasteiger partial charge in [0.05, 0.1) is 41.9 Å². The van der Waals surface area contributed by atoms with Gasteiger partial charge in [-0.15, -0.1) is 0 Å². The van der Waals surface area contributed by atoms with Crippen molar-refractivity contribution in [1.29, 1.82) is 0 Å². The predicted molar refractivity (Wildman–Crippen MR) is 172 cm³/mol. The Morgan fingerprint density at radius 2 is 1.62 bits per heavy atom. The molecular formula is C34H32F6IN3O4. The number of anilines is 1. The Hall–Kier alpha value is -3.56. The first-order valence-corrected chi connectivity index (χ1v) is 16.7. The molecule has 1 saturated carbocycles. The van der Waals surface area contributed by atoms with Gasteiger partial charge in [0.25, 0.3) is 0 Å². The van der Waals surface area contributed by atoms with Crippen LogP contribution in [-0.2, 0) is 33.2 Å². The standard InChI is InChI=1S/C34H32F6IN3O4/c1-3-47-31(45)26-16-24(26)19-6-8-27(41)25(14-19)23-7-9-29(43-10-4-5-11-43)42-28(23)17-44-18(2)30(48-32(44)46)20-12-21(33(35,36)37)15-22(13-20)34(38,39)40/h6-9,12-15,18,24,26,30H,3-5,10-11,16-17H2,1-2H3/t18-,24-,26?,30-/m0/s1. The molecule has 0 radical (unpaired) electrons. The molecule has 3 heterocycles. The van der Waals surface area contributed by atoms with Crippen molar-refractivity contribution in [2.75, 3.05) is 24.6 Å². The van der Waals surface area contributed by atoms with Crippen LogP contribution in [0.25, 0.3) is 11.1 Å². The molecule has 3 fully saturated rings. The predicted octanol–water partition coefficient (Wildman–Crippen LogP) is 8.74. The number of benzene rings is 2. The number of hydrogen-bond acceptors (Lipinski definition) is 6. The Balaban J connectivity index is 1.35. The summed E-state index contributed by atoms with van der Waals surface area (Å²) in [6.07, 6.45) is -9.69. The fourth-order valence-electron chi connectivity index (χ4n) is 6.50. The van der Waals surface area contributed by atoms with E-state index in [4.69, 9.17) is 14.5 Å².